The summed E-state index contributed by atoms with van der Waals surface area (Å²) in [6.07, 6.45) is 0.315. The van der Waals surface area contributed by atoms with E-state index in [2.05, 4.69) is 5.16 Å². The number of oxime groups is 1. The van der Waals surface area contributed by atoms with Gasteiger partial charge in [-0.1, -0.05) is 60.7 Å². The van der Waals surface area contributed by atoms with Gasteiger partial charge in [0.25, 0.3) is 0 Å². The maximum atomic E-state index is 13.4. The zero-order chi connectivity index (χ0) is 23.1. The van der Waals surface area contributed by atoms with E-state index < -0.39 is 49.9 Å². The summed E-state index contributed by atoms with van der Waals surface area (Å²) in [5.74, 6) is -2.13. The lowest BCUT2D eigenvalue weighted by Gasteiger charge is -2.42. The summed E-state index contributed by atoms with van der Waals surface area (Å²) >= 11 is 0. The number of carbonyl (C=O) groups is 2. The number of β-lactam (4-membered cyclic amide) rings is 1. The van der Waals surface area contributed by atoms with Crippen LogP contribution in [0.15, 0.2) is 65.8 Å². The van der Waals surface area contributed by atoms with E-state index >= 15 is 0 Å². The lowest BCUT2D eigenvalue weighted by molar-refractivity contribution is -0.168. The van der Waals surface area contributed by atoms with Gasteiger partial charge in [-0.05, 0) is 25.0 Å². The highest BCUT2D eigenvalue weighted by molar-refractivity contribution is 7.93. The third kappa shape index (κ3) is 3.28. The highest BCUT2D eigenvalue weighted by atomic mass is 32.2. The molecule has 2 aromatic carbocycles. The third-order valence-electron chi connectivity index (χ3n) is 6.28. The molecule has 1 amide bonds. The number of sulfone groups is 1. The molecular formula is C23H24N2O6S. The van der Waals surface area contributed by atoms with Crippen molar-refractivity contribution in [1.82, 2.24) is 4.90 Å². The maximum absolute atomic E-state index is 13.4. The highest BCUT2D eigenvalue weighted by Crippen LogP contribution is 2.50. The molecule has 2 heterocycles. The van der Waals surface area contributed by atoms with Gasteiger partial charge >= 0.3 is 5.97 Å². The fourth-order valence-corrected chi connectivity index (χ4v) is 6.86. The molecule has 0 aromatic heterocycles. The van der Waals surface area contributed by atoms with E-state index in [1.165, 1.54) is 13.8 Å². The van der Waals surface area contributed by atoms with Crippen LogP contribution in [0.3, 0.4) is 0 Å². The molecule has 2 aromatic rings. The number of amides is 1. The first-order valence-electron chi connectivity index (χ1n) is 10.2. The van der Waals surface area contributed by atoms with Crippen LogP contribution in [0.2, 0.25) is 0 Å². The number of benzene rings is 2. The molecule has 1 N–H and O–H groups in total. The van der Waals surface area contributed by atoms with E-state index in [0.717, 1.165) is 22.2 Å². The Morgan fingerprint density at radius 1 is 1.12 bits per heavy atom. The first-order valence-corrected chi connectivity index (χ1v) is 11.8. The van der Waals surface area contributed by atoms with Crippen LogP contribution in [0.25, 0.3) is 0 Å². The first kappa shape index (κ1) is 22.0. The van der Waals surface area contributed by atoms with Gasteiger partial charge in [-0.2, -0.15) is 0 Å². The Bertz CT molecular complexity index is 1110. The van der Waals surface area contributed by atoms with Crippen molar-refractivity contribution in [3.8, 4) is 0 Å². The van der Waals surface area contributed by atoms with Gasteiger partial charge < -0.3 is 14.8 Å². The number of nitrogens with zero attached hydrogens (tertiary/aromatic N) is 2. The number of ether oxygens (including phenoxy) is 1. The molecule has 0 aliphatic carbocycles. The van der Waals surface area contributed by atoms with Crippen molar-refractivity contribution in [3.05, 3.63) is 71.8 Å². The molecule has 8 nitrogen and oxygen atoms in total. The maximum Gasteiger partial charge on any atom is 0.331 e. The minimum Gasteiger partial charge on any atom is -0.451 e. The van der Waals surface area contributed by atoms with Gasteiger partial charge in [-0.3, -0.25) is 4.79 Å². The van der Waals surface area contributed by atoms with Gasteiger partial charge in [0.1, 0.15) is 11.4 Å². The van der Waals surface area contributed by atoms with Crippen LogP contribution in [0.4, 0.5) is 0 Å². The molecule has 168 valence electrons. The molecule has 2 aliphatic rings. The molecule has 9 heteroatoms. The standard InChI is InChI=1S/C23H24N2O6S/c1-23(2)19(25-20(26)17(13-14-24-28)21(25)32(23,29)30)22(27)31-18(15-9-5-3-6-10-15)16-11-7-4-8-12-16/h3-12,14,17-19,21,28H,13H2,1-2H3/b24-14-/t17-,19+,21-/m1/s1. The van der Waals surface area contributed by atoms with Crippen LogP contribution in [0.5, 0.6) is 0 Å². The Labute approximate surface area is 186 Å². The average Bonchev–Trinajstić information content (AvgIpc) is 2.93. The van der Waals surface area contributed by atoms with Gasteiger partial charge in [0.05, 0.1) is 10.7 Å². The van der Waals surface area contributed by atoms with Gasteiger partial charge in [0, 0.05) is 12.6 Å². The molecule has 0 radical (unpaired) electrons. The Hall–Kier alpha value is -3.20. The number of rotatable bonds is 6. The monoisotopic (exact) mass is 456 g/mol. The van der Waals surface area contributed by atoms with E-state index in [4.69, 9.17) is 9.94 Å². The third-order valence-corrected chi connectivity index (χ3v) is 9.16. The largest absolute Gasteiger partial charge is 0.451 e. The number of hydrogen-bond acceptors (Lipinski definition) is 7. The van der Waals surface area contributed by atoms with Crippen molar-refractivity contribution < 1.29 is 28.0 Å². The molecule has 0 unspecified atom stereocenters. The van der Waals surface area contributed by atoms with E-state index in [1.807, 2.05) is 60.7 Å². The van der Waals surface area contributed by atoms with Crippen LogP contribution in [0, 0.1) is 5.92 Å². The van der Waals surface area contributed by atoms with Crippen LogP contribution in [0.1, 0.15) is 37.5 Å². The minimum atomic E-state index is -3.88. The predicted octanol–water partition coefficient (Wildman–Crippen LogP) is 2.53. The second-order valence-corrected chi connectivity index (χ2v) is 11.1. The Balaban J connectivity index is 1.68. The van der Waals surface area contributed by atoms with E-state index in [0.29, 0.717) is 0 Å². The van der Waals surface area contributed by atoms with Crippen molar-refractivity contribution in [1.29, 1.82) is 0 Å². The predicted molar refractivity (Wildman–Crippen MR) is 117 cm³/mol. The number of hydrogen-bond donors (Lipinski definition) is 1. The molecule has 0 saturated carbocycles. The van der Waals surface area contributed by atoms with Crippen molar-refractivity contribution in [3.63, 3.8) is 0 Å². The zero-order valence-electron chi connectivity index (χ0n) is 17.7. The fourth-order valence-electron chi connectivity index (χ4n) is 4.53. The van der Waals surface area contributed by atoms with Crippen LogP contribution < -0.4 is 0 Å². The molecule has 2 aliphatic heterocycles. The van der Waals surface area contributed by atoms with Gasteiger partial charge in [-0.25, -0.2) is 13.2 Å². The van der Waals surface area contributed by atoms with Crippen molar-refractivity contribution in [2.24, 2.45) is 11.1 Å². The lowest BCUT2D eigenvalue weighted by atomic mass is 9.90. The second kappa shape index (κ2) is 8.05. The molecular weight excluding hydrogens is 432 g/mol. The topological polar surface area (TPSA) is 113 Å². The SMILES string of the molecule is CC1(C)[C@H](C(=O)OC(c2ccccc2)c2ccccc2)N2C(=O)[C@@H](C/C=N\O)[C@H]2S1(=O)=O. The minimum absolute atomic E-state index is 0.0236. The lowest BCUT2D eigenvalue weighted by Crippen LogP contribution is -2.63. The molecule has 2 fully saturated rings. The summed E-state index contributed by atoms with van der Waals surface area (Å²) in [7, 11) is -3.88. The highest BCUT2D eigenvalue weighted by Gasteiger charge is 2.72. The van der Waals surface area contributed by atoms with Gasteiger partial charge in [0.15, 0.2) is 15.9 Å². The molecule has 0 spiro atoms. The Morgan fingerprint density at radius 2 is 1.66 bits per heavy atom. The molecule has 4 rings (SSSR count). The summed E-state index contributed by atoms with van der Waals surface area (Å²) in [4.78, 5) is 27.3. The smallest absolute Gasteiger partial charge is 0.331 e. The first-order chi connectivity index (χ1) is 15.2. The molecule has 32 heavy (non-hydrogen) atoms. The molecule has 0 bridgehead atoms. The van der Waals surface area contributed by atoms with Gasteiger partial charge in [0.2, 0.25) is 5.91 Å². The summed E-state index contributed by atoms with van der Waals surface area (Å²) < 4.78 is 30.8. The quantitative estimate of drug-likeness (QED) is 0.235. The number of fused-ring (bicyclic) bond motifs is 1. The zero-order valence-corrected chi connectivity index (χ0v) is 18.5. The molecule has 3 atom stereocenters. The van der Waals surface area contributed by atoms with Gasteiger partial charge in [-0.15, -0.1) is 5.16 Å². The average molecular weight is 457 g/mol. The Kier molecular flexibility index (Phi) is 5.54. The fraction of sp³-hybridized carbons (Fsp3) is 0.348. The van der Waals surface area contributed by atoms with Crippen molar-refractivity contribution >= 4 is 27.9 Å². The van der Waals surface area contributed by atoms with E-state index in [9.17, 15) is 18.0 Å². The van der Waals surface area contributed by atoms with Crippen LogP contribution >= 0.6 is 0 Å². The van der Waals surface area contributed by atoms with Crippen LogP contribution in [-0.4, -0.2) is 52.8 Å². The number of esters is 1. The molecule has 2 saturated heterocycles. The summed E-state index contributed by atoms with van der Waals surface area (Å²) in [6.45, 7) is 2.88. The van der Waals surface area contributed by atoms with E-state index in [-0.39, 0.29) is 6.42 Å². The van der Waals surface area contributed by atoms with Crippen molar-refractivity contribution in [2.45, 2.75) is 42.5 Å². The summed E-state index contributed by atoms with van der Waals surface area (Å²) in [5.41, 5.74) is 1.46. The van der Waals surface area contributed by atoms with Crippen molar-refractivity contribution in [2.75, 3.05) is 0 Å². The van der Waals surface area contributed by atoms with E-state index in [1.54, 1.807) is 0 Å². The normalized spacial score (nSPS) is 25.5. The van der Waals surface area contributed by atoms with Crippen LogP contribution in [-0.2, 0) is 24.2 Å². The number of carbonyl (C=O) groups excluding carboxylic acids is 2. The summed E-state index contributed by atoms with van der Waals surface area (Å²) in [5, 5.41) is 10.4. The Morgan fingerprint density at radius 3 is 2.16 bits per heavy atom. The second-order valence-electron chi connectivity index (χ2n) is 8.47. The summed E-state index contributed by atoms with van der Waals surface area (Å²) in [6, 6.07) is 17.0.